The van der Waals surface area contributed by atoms with Crippen molar-refractivity contribution < 1.29 is 14.4 Å². The van der Waals surface area contributed by atoms with Crippen LogP contribution in [0.1, 0.15) is 35.2 Å². The highest BCUT2D eigenvalue weighted by atomic mass is 16.3. The lowest BCUT2D eigenvalue weighted by Gasteiger charge is -2.37. The largest absolute Gasteiger partial charge is 0.395 e. The Hall–Kier alpha value is -1.39. The van der Waals surface area contributed by atoms with E-state index in [0.717, 1.165) is 11.0 Å². The summed E-state index contributed by atoms with van der Waals surface area (Å²) in [5.41, 5.74) is 1.94. The molecule has 1 aromatic carbocycles. The topological polar surface area (TPSA) is 49.3 Å². The van der Waals surface area contributed by atoms with Crippen LogP contribution in [0.15, 0.2) is 24.3 Å². The van der Waals surface area contributed by atoms with Crippen molar-refractivity contribution >= 4 is 5.91 Å². The number of carbonyl (C=O) groups excluding carboxylic acids is 1. The monoisotopic (exact) mass is 277 g/mol. The van der Waals surface area contributed by atoms with Crippen LogP contribution in [0.3, 0.4) is 0 Å². The van der Waals surface area contributed by atoms with Crippen molar-refractivity contribution in [1.82, 2.24) is 5.32 Å². The lowest BCUT2D eigenvalue weighted by molar-refractivity contribution is -0.926. The second kappa shape index (κ2) is 6.86. The maximum atomic E-state index is 11.7. The van der Waals surface area contributed by atoms with Gasteiger partial charge in [0.2, 0.25) is 0 Å². The van der Waals surface area contributed by atoms with Gasteiger partial charge in [0, 0.05) is 17.7 Å². The molecule has 0 bridgehead atoms. The van der Waals surface area contributed by atoms with Gasteiger partial charge < -0.3 is 14.9 Å². The Morgan fingerprint density at radius 2 is 1.85 bits per heavy atom. The summed E-state index contributed by atoms with van der Waals surface area (Å²) in [5.74, 6) is -0.121. The number of piperidine rings is 1. The van der Waals surface area contributed by atoms with Gasteiger partial charge in [-0.3, -0.25) is 4.79 Å². The van der Waals surface area contributed by atoms with Crippen LogP contribution in [0.4, 0.5) is 0 Å². The van der Waals surface area contributed by atoms with E-state index < -0.39 is 0 Å². The Balaban J connectivity index is 1.95. The van der Waals surface area contributed by atoms with Gasteiger partial charge in [-0.25, -0.2) is 0 Å². The van der Waals surface area contributed by atoms with Gasteiger partial charge in [-0.1, -0.05) is 12.1 Å². The molecule has 20 heavy (non-hydrogen) atoms. The zero-order valence-electron chi connectivity index (χ0n) is 12.3. The van der Waals surface area contributed by atoms with Gasteiger partial charge in [-0.15, -0.1) is 0 Å². The molecule has 4 heteroatoms. The number of nitrogens with one attached hydrogen (secondary N) is 1. The van der Waals surface area contributed by atoms with Gasteiger partial charge >= 0.3 is 0 Å². The van der Waals surface area contributed by atoms with Crippen LogP contribution in [-0.2, 0) is 6.54 Å². The predicted octanol–water partition coefficient (Wildman–Crippen LogP) is 1.54. The molecule has 1 fully saturated rings. The van der Waals surface area contributed by atoms with E-state index in [2.05, 4.69) is 12.4 Å². The first kappa shape index (κ1) is 15.0. The van der Waals surface area contributed by atoms with Crippen molar-refractivity contribution in [2.24, 2.45) is 0 Å². The minimum absolute atomic E-state index is 0.0281. The number of likely N-dealkylation sites (tertiary alicyclic amines) is 1. The van der Waals surface area contributed by atoms with E-state index >= 15 is 0 Å². The van der Waals surface area contributed by atoms with E-state index in [1.165, 1.54) is 37.9 Å². The van der Waals surface area contributed by atoms with Gasteiger partial charge in [-0.05, 0) is 31.4 Å². The van der Waals surface area contributed by atoms with Crippen LogP contribution in [-0.4, -0.2) is 48.8 Å². The van der Waals surface area contributed by atoms with Crippen LogP contribution in [0.25, 0.3) is 0 Å². The Labute approximate surface area is 121 Å². The van der Waals surface area contributed by atoms with Crippen molar-refractivity contribution in [1.29, 1.82) is 0 Å². The molecule has 0 saturated carbocycles. The number of rotatable bonds is 5. The van der Waals surface area contributed by atoms with E-state index in [1.54, 1.807) is 0 Å². The van der Waals surface area contributed by atoms with Crippen molar-refractivity contribution in [2.75, 3.05) is 33.3 Å². The molecule has 0 atom stereocenters. The average molecular weight is 277 g/mol. The maximum Gasteiger partial charge on any atom is 0.251 e. The Kier molecular flexibility index (Phi) is 5.15. The van der Waals surface area contributed by atoms with E-state index in [-0.39, 0.29) is 12.5 Å². The fraction of sp³-hybridized carbons (Fsp3) is 0.562. The molecule has 1 aliphatic heterocycles. The standard InChI is InChI=1S/C16H24N2O2/c1-18(10-3-2-4-11-18)13-14-5-7-15(8-6-14)16(20)17-9-12-19/h5-8,19H,2-4,9-13H2,1H3/p+1. The second-order valence-corrected chi connectivity index (χ2v) is 5.96. The number of hydrogen-bond acceptors (Lipinski definition) is 2. The van der Waals surface area contributed by atoms with Crippen LogP contribution >= 0.6 is 0 Å². The van der Waals surface area contributed by atoms with Crippen molar-refractivity contribution in [3.8, 4) is 0 Å². The summed E-state index contributed by atoms with van der Waals surface area (Å²) >= 11 is 0. The normalized spacial score (nSPS) is 17.7. The molecule has 0 aromatic heterocycles. The Morgan fingerprint density at radius 1 is 1.20 bits per heavy atom. The fourth-order valence-electron chi connectivity index (χ4n) is 2.91. The van der Waals surface area contributed by atoms with Crippen molar-refractivity contribution in [3.63, 3.8) is 0 Å². The number of amides is 1. The van der Waals surface area contributed by atoms with E-state index in [4.69, 9.17) is 5.11 Å². The molecule has 2 N–H and O–H groups in total. The molecule has 1 aromatic rings. The fourth-order valence-corrected chi connectivity index (χ4v) is 2.91. The summed E-state index contributed by atoms with van der Waals surface area (Å²) in [7, 11) is 2.32. The van der Waals surface area contributed by atoms with Crippen LogP contribution in [0.5, 0.6) is 0 Å². The highest BCUT2D eigenvalue weighted by Crippen LogP contribution is 2.20. The number of aliphatic hydroxyl groups is 1. The quantitative estimate of drug-likeness (QED) is 0.802. The number of hydrogen-bond donors (Lipinski definition) is 2. The third-order valence-electron chi connectivity index (χ3n) is 4.07. The SMILES string of the molecule is C[N+]1(Cc2ccc(C(=O)NCCO)cc2)CCCCC1. The summed E-state index contributed by atoms with van der Waals surface area (Å²) in [6.07, 6.45) is 3.99. The van der Waals surface area contributed by atoms with Crippen molar-refractivity contribution in [2.45, 2.75) is 25.8 Å². The summed E-state index contributed by atoms with van der Waals surface area (Å²) in [6.45, 7) is 3.81. The van der Waals surface area contributed by atoms with Crippen LogP contribution in [0, 0.1) is 0 Å². The van der Waals surface area contributed by atoms with E-state index in [1.807, 2.05) is 24.3 Å². The van der Waals surface area contributed by atoms with Gasteiger partial charge in [0.25, 0.3) is 5.91 Å². The summed E-state index contributed by atoms with van der Waals surface area (Å²) in [5, 5.41) is 11.4. The highest BCUT2D eigenvalue weighted by Gasteiger charge is 2.24. The predicted molar refractivity (Wildman–Crippen MR) is 79.3 cm³/mol. The van der Waals surface area contributed by atoms with E-state index in [0.29, 0.717) is 12.1 Å². The molecule has 2 rings (SSSR count). The number of nitrogens with zero attached hydrogens (tertiary/aromatic N) is 1. The second-order valence-electron chi connectivity index (χ2n) is 5.96. The minimum atomic E-state index is -0.121. The van der Waals surface area contributed by atoms with Crippen LogP contribution < -0.4 is 5.32 Å². The van der Waals surface area contributed by atoms with Crippen molar-refractivity contribution in [3.05, 3.63) is 35.4 Å². The molecular formula is C16H25N2O2+. The summed E-state index contributed by atoms with van der Waals surface area (Å²) in [4.78, 5) is 11.7. The molecule has 0 spiro atoms. The van der Waals surface area contributed by atoms with Gasteiger partial charge in [0.15, 0.2) is 0 Å². The first-order valence-electron chi connectivity index (χ1n) is 7.44. The smallest absolute Gasteiger partial charge is 0.251 e. The lowest BCUT2D eigenvalue weighted by Crippen LogP contribution is -2.46. The third-order valence-corrected chi connectivity index (χ3v) is 4.07. The third kappa shape index (κ3) is 4.05. The zero-order chi connectivity index (χ0) is 14.4. The van der Waals surface area contributed by atoms with E-state index in [9.17, 15) is 4.79 Å². The lowest BCUT2D eigenvalue weighted by atomic mass is 10.1. The Bertz CT molecular complexity index is 436. The number of aliphatic hydroxyl groups excluding tert-OH is 1. The first-order chi connectivity index (χ1) is 9.63. The maximum absolute atomic E-state index is 11.7. The first-order valence-corrected chi connectivity index (χ1v) is 7.44. The molecule has 1 aliphatic rings. The van der Waals surface area contributed by atoms with Gasteiger partial charge in [0.05, 0.1) is 26.7 Å². The van der Waals surface area contributed by atoms with Crippen LogP contribution in [0.2, 0.25) is 0 Å². The van der Waals surface area contributed by atoms with Gasteiger partial charge in [0.1, 0.15) is 6.54 Å². The molecule has 0 unspecified atom stereocenters. The molecule has 110 valence electrons. The minimum Gasteiger partial charge on any atom is -0.395 e. The Morgan fingerprint density at radius 3 is 2.45 bits per heavy atom. The molecule has 1 heterocycles. The zero-order valence-corrected chi connectivity index (χ0v) is 12.3. The molecule has 0 aliphatic carbocycles. The molecule has 1 saturated heterocycles. The van der Waals surface area contributed by atoms with Gasteiger partial charge in [-0.2, -0.15) is 0 Å². The molecule has 0 radical (unpaired) electrons. The summed E-state index contributed by atoms with van der Waals surface area (Å²) in [6, 6.07) is 7.84. The molecule has 4 nitrogen and oxygen atoms in total. The number of quaternary nitrogens is 1. The molecule has 1 amide bonds. The number of benzene rings is 1. The average Bonchev–Trinajstić information content (AvgIpc) is 2.46. The molecular weight excluding hydrogens is 252 g/mol. The highest BCUT2D eigenvalue weighted by molar-refractivity contribution is 5.94. The number of carbonyl (C=O) groups is 1. The summed E-state index contributed by atoms with van der Waals surface area (Å²) < 4.78 is 1.11.